The molecule has 0 radical (unpaired) electrons. The van der Waals surface area contributed by atoms with Crippen LogP contribution >= 0.6 is 0 Å². The Morgan fingerprint density at radius 1 is 1.44 bits per heavy atom. The standard InChI is InChI=1S/C11H14N2O4S/c1-7-9(4-12)11(18(14)15)10(8(2)13-7)5-17-6-16-3/h9H,5-6H2,1-3H3. The lowest BCUT2D eigenvalue weighted by Crippen LogP contribution is -2.29. The summed E-state index contributed by atoms with van der Waals surface area (Å²) in [6.45, 7) is 3.43. The fourth-order valence-electron chi connectivity index (χ4n) is 1.69. The highest BCUT2D eigenvalue weighted by Gasteiger charge is 2.29. The van der Waals surface area contributed by atoms with Crippen molar-refractivity contribution < 1.29 is 17.9 Å². The zero-order valence-corrected chi connectivity index (χ0v) is 11.2. The Kier molecular flexibility index (Phi) is 5.22. The van der Waals surface area contributed by atoms with Crippen LogP contribution in [0.2, 0.25) is 0 Å². The van der Waals surface area contributed by atoms with E-state index in [2.05, 4.69) is 4.99 Å². The summed E-state index contributed by atoms with van der Waals surface area (Å²) in [7, 11) is -1.00. The molecule has 0 amide bonds. The monoisotopic (exact) mass is 270 g/mol. The SMILES string of the molecule is COCOCC1=C(C)N=C(C)C(C#N)C1=S(=O)=O. The van der Waals surface area contributed by atoms with Gasteiger partial charge in [0.15, 0.2) is 0 Å². The van der Waals surface area contributed by atoms with Crippen molar-refractivity contribution in [3.63, 3.8) is 0 Å². The number of nitriles is 1. The van der Waals surface area contributed by atoms with Crippen LogP contribution < -0.4 is 0 Å². The van der Waals surface area contributed by atoms with Crippen LogP contribution in [0.15, 0.2) is 16.3 Å². The summed E-state index contributed by atoms with van der Waals surface area (Å²) < 4.78 is 32.5. The molecule has 0 aromatic carbocycles. The van der Waals surface area contributed by atoms with E-state index in [4.69, 9.17) is 14.7 Å². The Balaban J connectivity index is 3.21. The van der Waals surface area contributed by atoms with Gasteiger partial charge in [-0.15, -0.1) is 0 Å². The first kappa shape index (κ1) is 14.6. The van der Waals surface area contributed by atoms with Crippen LogP contribution in [0.4, 0.5) is 0 Å². The number of methoxy groups -OCH3 is 1. The predicted molar refractivity (Wildman–Crippen MR) is 66.7 cm³/mol. The van der Waals surface area contributed by atoms with E-state index in [1.165, 1.54) is 7.11 Å². The Labute approximate surface area is 107 Å². The van der Waals surface area contributed by atoms with Crippen molar-refractivity contribution in [2.24, 2.45) is 10.9 Å². The molecular formula is C11H14N2O4S. The fourth-order valence-corrected chi connectivity index (χ4v) is 2.51. The summed E-state index contributed by atoms with van der Waals surface area (Å²) in [5.41, 5.74) is 1.46. The van der Waals surface area contributed by atoms with Crippen molar-refractivity contribution in [1.82, 2.24) is 0 Å². The average molecular weight is 270 g/mol. The lowest BCUT2D eigenvalue weighted by Gasteiger charge is -2.20. The second-order valence-corrected chi connectivity index (χ2v) is 4.64. The van der Waals surface area contributed by atoms with Crippen LogP contribution in [-0.2, 0) is 19.8 Å². The van der Waals surface area contributed by atoms with Gasteiger partial charge in [-0.05, 0) is 13.8 Å². The smallest absolute Gasteiger partial charge is 0.219 e. The van der Waals surface area contributed by atoms with Crippen LogP contribution in [0.5, 0.6) is 0 Å². The summed E-state index contributed by atoms with van der Waals surface area (Å²) >= 11 is 0. The lowest BCUT2D eigenvalue weighted by atomic mass is 9.92. The topological polar surface area (TPSA) is 88.8 Å². The molecule has 7 heteroatoms. The van der Waals surface area contributed by atoms with Gasteiger partial charge in [-0.25, -0.2) is 0 Å². The molecule has 6 nitrogen and oxygen atoms in total. The first-order valence-corrected chi connectivity index (χ1v) is 6.28. The first-order valence-electron chi connectivity index (χ1n) is 5.20. The number of nitrogens with zero attached hydrogens (tertiary/aromatic N) is 2. The van der Waals surface area contributed by atoms with E-state index in [1.807, 2.05) is 6.07 Å². The van der Waals surface area contributed by atoms with E-state index in [9.17, 15) is 8.42 Å². The number of rotatable bonds is 4. The summed E-state index contributed by atoms with van der Waals surface area (Å²) in [5, 5.41) is 9.04. The van der Waals surface area contributed by atoms with Gasteiger partial charge in [-0.2, -0.15) is 13.7 Å². The molecule has 0 spiro atoms. The third kappa shape index (κ3) is 3.04. The summed E-state index contributed by atoms with van der Waals surface area (Å²) in [6, 6.07) is 1.94. The van der Waals surface area contributed by atoms with E-state index < -0.39 is 16.2 Å². The van der Waals surface area contributed by atoms with Gasteiger partial charge in [-0.1, -0.05) is 0 Å². The van der Waals surface area contributed by atoms with E-state index in [0.717, 1.165) is 0 Å². The molecular weight excluding hydrogens is 256 g/mol. The maximum atomic E-state index is 11.3. The Bertz CT molecular complexity index is 558. The van der Waals surface area contributed by atoms with Crippen LogP contribution in [-0.4, -0.2) is 39.5 Å². The molecule has 18 heavy (non-hydrogen) atoms. The van der Waals surface area contributed by atoms with Crippen molar-refractivity contribution in [3.05, 3.63) is 11.3 Å². The van der Waals surface area contributed by atoms with E-state index in [1.54, 1.807) is 13.8 Å². The van der Waals surface area contributed by atoms with Crippen molar-refractivity contribution >= 4 is 20.9 Å². The number of hydrogen-bond acceptors (Lipinski definition) is 6. The summed E-state index contributed by atoms with van der Waals surface area (Å²) in [5.74, 6) is -0.840. The minimum atomic E-state index is -2.47. The molecule has 0 N–H and O–H groups in total. The van der Waals surface area contributed by atoms with Gasteiger partial charge < -0.3 is 9.47 Å². The van der Waals surface area contributed by atoms with Crippen LogP contribution in [0.1, 0.15) is 13.8 Å². The Morgan fingerprint density at radius 3 is 2.61 bits per heavy atom. The maximum Gasteiger partial charge on any atom is 0.219 e. The fraction of sp³-hybridized carbons (Fsp3) is 0.545. The minimum Gasteiger partial charge on any atom is -0.359 e. The average Bonchev–Trinajstić information content (AvgIpc) is 2.31. The van der Waals surface area contributed by atoms with Gasteiger partial charge >= 0.3 is 0 Å². The first-order chi connectivity index (χ1) is 8.52. The predicted octanol–water partition coefficient (Wildman–Crippen LogP) is 0.547. The molecule has 0 aliphatic carbocycles. The van der Waals surface area contributed by atoms with Gasteiger partial charge in [-0.3, -0.25) is 4.99 Å². The Morgan fingerprint density at radius 2 is 2.11 bits per heavy atom. The molecule has 1 aliphatic rings. The molecule has 0 saturated heterocycles. The van der Waals surface area contributed by atoms with Gasteiger partial charge in [0.1, 0.15) is 17.6 Å². The molecule has 1 unspecified atom stereocenters. The minimum absolute atomic E-state index is 0.0404. The second kappa shape index (κ2) is 6.44. The molecule has 1 rings (SSSR count). The summed E-state index contributed by atoms with van der Waals surface area (Å²) in [6.07, 6.45) is 0. The molecule has 1 heterocycles. The van der Waals surface area contributed by atoms with Crippen LogP contribution in [0.25, 0.3) is 0 Å². The van der Waals surface area contributed by atoms with Gasteiger partial charge in [0.25, 0.3) is 0 Å². The molecule has 1 atom stereocenters. The van der Waals surface area contributed by atoms with Crippen molar-refractivity contribution in [2.75, 3.05) is 20.5 Å². The van der Waals surface area contributed by atoms with E-state index in [-0.39, 0.29) is 18.3 Å². The molecule has 0 bridgehead atoms. The summed E-state index contributed by atoms with van der Waals surface area (Å²) in [4.78, 5) is 4.23. The molecule has 0 fully saturated rings. The lowest BCUT2D eigenvalue weighted by molar-refractivity contribution is -0.0201. The second-order valence-electron chi connectivity index (χ2n) is 3.73. The van der Waals surface area contributed by atoms with Crippen LogP contribution in [0, 0.1) is 17.2 Å². The Hall–Kier alpha value is -1.49. The largest absolute Gasteiger partial charge is 0.359 e. The number of allylic oxidation sites excluding steroid dienone is 1. The number of hydrogen-bond donors (Lipinski definition) is 0. The maximum absolute atomic E-state index is 11.3. The zero-order valence-electron chi connectivity index (χ0n) is 10.4. The highest BCUT2D eigenvalue weighted by atomic mass is 32.2. The number of ether oxygens (including phenoxy) is 2. The molecule has 1 aliphatic heterocycles. The van der Waals surface area contributed by atoms with Gasteiger partial charge in [0, 0.05) is 24.1 Å². The van der Waals surface area contributed by atoms with Crippen molar-refractivity contribution in [3.8, 4) is 6.07 Å². The quantitative estimate of drug-likeness (QED) is 0.423. The molecule has 98 valence electrons. The third-order valence-corrected chi connectivity index (χ3v) is 3.36. The van der Waals surface area contributed by atoms with Crippen molar-refractivity contribution in [1.29, 1.82) is 5.26 Å². The normalized spacial score (nSPS) is 19.6. The van der Waals surface area contributed by atoms with Crippen molar-refractivity contribution in [2.45, 2.75) is 13.8 Å². The van der Waals surface area contributed by atoms with Crippen LogP contribution in [0.3, 0.4) is 0 Å². The third-order valence-electron chi connectivity index (χ3n) is 2.51. The van der Waals surface area contributed by atoms with E-state index >= 15 is 0 Å². The highest BCUT2D eigenvalue weighted by molar-refractivity contribution is 7.73. The number of aliphatic imine (C=N–C) groups is 1. The molecule has 0 saturated carbocycles. The highest BCUT2D eigenvalue weighted by Crippen LogP contribution is 2.21. The molecule has 0 aromatic rings. The van der Waals surface area contributed by atoms with Gasteiger partial charge in [0.05, 0.1) is 12.7 Å². The zero-order chi connectivity index (χ0) is 13.7. The van der Waals surface area contributed by atoms with Gasteiger partial charge in [0.2, 0.25) is 10.3 Å². The van der Waals surface area contributed by atoms with E-state index in [0.29, 0.717) is 17.0 Å². The molecule has 0 aromatic heterocycles.